The molecule has 128 valence electrons. The van der Waals surface area contributed by atoms with E-state index >= 15 is 0 Å². The van der Waals surface area contributed by atoms with E-state index in [2.05, 4.69) is 20.5 Å². The molecule has 3 aromatic rings. The second-order valence-electron chi connectivity index (χ2n) is 5.55. The van der Waals surface area contributed by atoms with E-state index in [1.165, 1.54) is 0 Å². The average Bonchev–Trinajstić information content (AvgIpc) is 3.17. The number of aromatic amines is 1. The molecule has 6 nitrogen and oxygen atoms in total. The molecule has 0 aliphatic carbocycles. The molecule has 0 saturated heterocycles. The first-order valence-electron chi connectivity index (χ1n) is 8.18. The lowest BCUT2D eigenvalue weighted by atomic mass is 10.2. The largest absolute Gasteiger partial charge is 0.454 e. The molecule has 0 fully saturated rings. The summed E-state index contributed by atoms with van der Waals surface area (Å²) in [5, 5.41) is 4.32. The molecule has 0 atom stereocenters. The van der Waals surface area contributed by atoms with E-state index in [0.717, 1.165) is 28.4 Å². The zero-order chi connectivity index (χ0) is 17.6. The summed E-state index contributed by atoms with van der Waals surface area (Å²) in [5.74, 6) is 2.10. The molecule has 0 spiro atoms. The average molecular weight is 345 g/mol. The number of para-hydroxylation sites is 1. The number of nitrogens with one attached hydrogen (secondary N) is 2. The number of ether oxygens (including phenoxy) is 2. The Labute approximate surface area is 150 Å². The van der Waals surface area contributed by atoms with Crippen LogP contribution < -0.4 is 19.9 Å². The molecule has 26 heavy (non-hydrogen) atoms. The molecule has 1 aromatic heterocycles. The number of hydrogen-bond donors (Lipinski definition) is 1. The van der Waals surface area contributed by atoms with E-state index in [-0.39, 0.29) is 6.79 Å². The Morgan fingerprint density at radius 1 is 0.962 bits per heavy atom. The molecule has 0 amide bonds. The highest BCUT2D eigenvalue weighted by Crippen LogP contribution is 2.31. The number of aliphatic imine (C=N–C) groups is 1. The molecule has 0 bridgehead atoms. The molecule has 0 saturated carbocycles. The lowest BCUT2D eigenvalue weighted by molar-refractivity contribution is -0.380. The van der Waals surface area contributed by atoms with Crippen LogP contribution in [0.4, 0.5) is 5.69 Å². The summed E-state index contributed by atoms with van der Waals surface area (Å²) in [6.07, 6.45) is 3.56. The second-order valence-corrected chi connectivity index (χ2v) is 5.55. The maximum Gasteiger partial charge on any atom is 0.248 e. The van der Waals surface area contributed by atoms with Gasteiger partial charge in [-0.15, -0.1) is 0 Å². The van der Waals surface area contributed by atoms with Crippen LogP contribution in [-0.4, -0.2) is 18.8 Å². The number of benzene rings is 2. The van der Waals surface area contributed by atoms with Gasteiger partial charge < -0.3 is 9.47 Å². The van der Waals surface area contributed by atoms with Crippen LogP contribution in [0, 0.1) is 0 Å². The van der Waals surface area contributed by atoms with Gasteiger partial charge in [-0.05, 0) is 42.0 Å². The lowest BCUT2D eigenvalue weighted by Crippen LogP contribution is -2.26. The third-order valence-electron chi connectivity index (χ3n) is 3.74. The van der Waals surface area contributed by atoms with E-state index in [9.17, 15) is 0 Å². The minimum Gasteiger partial charge on any atom is -0.454 e. The molecule has 1 aliphatic heterocycles. The fourth-order valence-electron chi connectivity index (χ4n) is 2.48. The zero-order valence-electron chi connectivity index (χ0n) is 13.9. The fraction of sp³-hybridized carbons (Fsp3) is 0.0500. The first kappa shape index (κ1) is 15.8. The first-order chi connectivity index (χ1) is 12.9. The van der Waals surface area contributed by atoms with E-state index in [0.29, 0.717) is 5.84 Å². The van der Waals surface area contributed by atoms with Gasteiger partial charge in [0.2, 0.25) is 18.3 Å². The number of aromatic nitrogens is 1. The summed E-state index contributed by atoms with van der Waals surface area (Å²) in [6.45, 7) is 0.256. The number of hydrazone groups is 1. The van der Waals surface area contributed by atoms with Crippen molar-refractivity contribution in [3.63, 3.8) is 0 Å². The van der Waals surface area contributed by atoms with Crippen LogP contribution in [0.25, 0.3) is 0 Å². The van der Waals surface area contributed by atoms with Gasteiger partial charge in [-0.3, -0.25) is 5.43 Å². The van der Waals surface area contributed by atoms with Crippen LogP contribution in [0.5, 0.6) is 11.5 Å². The third-order valence-corrected chi connectivity index (χ3v) is 3.74. The van der Waals surface area contributed by atoms with Crippen molar-refractivity contribution in [2.45, 2.75) is 0 Å². The van der Waals surface area contributed by atoms with Gasteiger partial charge in [0.25, 0.3) is 0 Å². The molecule has 4 rings (SSSR count). The minimum absolute atomic E-state index is 0.256. The number of pyridine rings is 1. The molecule has 2 N–H and O–H groups in total. The Kier molecular flexibility index (Phi) is 4.56. The van der Waals surface area contributed by atoms with Crippen LogP contribution in [-0.2, 0) is 0 Å². The molecule has 2 aromatic carbocycles. The van der Waals surface area contributed by atoms with Crippen molar-refractivity contribution in [3.05, 3.63) is 84.2 Å². The van der Waals surface area contributed by atoms with E-state index in [4.69, 9.17) is 9.47 Å². The number of fused-ring (bicyclic) bond motifs is 1. The second kappa shape index (κ2) is 7.48. The van der Waals surface area contributed by atoms with Gasteiger partial charge in [-0.2, -0.15) is 5.10 Å². The maximum atomic E-state index is 5.38. The molecular formula is C20H17N4O2+. The number of H-pyrrole nitrogens is 1. The standard InChI is InChI=1S/C20H16N4O2/c1-2-6-16(7-3-1)23-20(17-8-4-5-11-21-17)24-22-13-15-9-10-18-19(12-15)26-14-25-18/h1-13H,14H2,(H,23,24)/p+1. The number of rotatable bonds is 4. The summed E-state index contributed by atoms with van der Waals surface area (Å²) in [5.41, 5.74) is 5.59. The number of hydrogen-bond acceptors (Lipinski definition) is 4. The van der Waals surface area contributed by atoms with Crippen molar-refractivity contribution in [1.82, 2.24) is 5.43 Å². The van der Waals surface area contributed by atoms with E-state index in [1.54, 1.807) is 6.21 Å². The Balaban J connectivity index is 1.56. The molecule has 2 heterocycles. The van der Waals surface area contributed by atoms with Crippen LogP contribution >= 0.6 is 0 Å². The normalized spacial score (nSPS) is 13.2. The number of nitrogens with zero attached hydrogens (tertiary/aromatic N) is 2. The predicted molar refractivity (Wildman–Crippen MR) is 98.9 cm³/mol. The highest BCUT2D eigenvalue weighted by atomic mass is 16.7. The van der Waals surface area contributed by atoms with Gasteiger partial charge in [-0.1, -0.05) is 18.2 Å². The zero-order valence-corrected chi connectivity index (χ0v) is 13.9. The van der Waals surface area contributed by atoms with Crippen molar-refractivity contribution in [1.29, 1.82) is 0 Å². The monoisotopic (exact) mass is 345 g/mol. The first-order valence-corrected chi connectivity index (χ1v) is 8.18. The molecular weight excluding hydrogens is 328 g/mol. The quantitative estimate of drug-likeness (QED) is 0.449. The minimum atomic E-state index is 0.256. The van der Waals surface area contributed by atoms with Crippen molar-refractivity contribution in [2.24, 2.45) is 10.1 Å². The fourth-order valence-corrected chi connectivity index (χ4v) is 2.48. The smallest absolute Gasteiger partial charge is 0.248 e. The lowest BCUT2D eigenvalue weighted by Gasteiger charge is -2.02. The van der Waals surface area contributed by atoms with Crippen molar-refractivity contribution in [3.8, 4) is 11.5 Å². The van der Waals surface area contributed by atoms with Gasteiger partial charge in [0.15, 0.2) is 17.7 Å². The highest BCUT2D eigenvalue weighted by Gasteiger charge is 2.13. The summed E-state index contributed by atoms with van der Waals surface area (Å²) in [6, 6.07) is 21.2. The molecule has 0 unspecified atom stereocenters. The number of amidine groups is 1. The van der Waals surface area contributed by atoms with Crippen LogP contribution in [0.1, 0.15) is 11.3 Å². The summed E-state index contributed by atoms with van der Waals surface area (Å²) in [4.78, 5) is 7.80. The van der Waals surface area contributed by atoms with Crippen molar-refractivity contribution >= 4 is 17.7 Å². The van der Waals surface area contributed by atoms with Crippen LogP contribution in [0.3, 0.4) is 0 Å². The van der Waals surface area contributed by atoms with Gasteiger partial charge in [0.1, 0.15) is 0 Å². The van der Waals surface area contributed by atoms with Crippen molar-refractivity contribution < 1.29 is 14.5 Å². The maximum absolute atomic E-state index is 5.38. The van der Waals surface area contributed by atoms with Gasteiger partial charge in [0.05, 0.1) is 11.9 Å². The molecule has 1 aliphatic rings. The van der Waals surface area contributed by atoms with Crippen molar-refractivity contribution in [2.75, 3.05) is 6.79 Å². The highest BCUT2D eigenvalue weighted by molar-refractivity contribution is 5.97. The van der Waals surface area contributed by atoms with Gasteiger partial charge in [0, 0.05) is 12.1 Å². The topological polar surface area (TPSA) is 69.4 Å². The predicted octanol–water partition coefficient (Wildman–Crippen LogP) is 2.93. The van der Waals surface area contributed by atoms with Crippen LogP contribution in [0.15, 0.2) is 83.0 Å². The third kappa shape index (κ3) is 3.70. The Bertz CT molecular complexity index is 941. The molecule has 6 heteroatoms. The summed E-state index contributed by atoms with van der Waals surface area (Å²) < 4.78 is 10.7. The summed E-state index contributed by atoms with van der Waals surface area (Å²) >= 11 is 0. The Morgan fingerprint density at radius 2 is 1.81 bits per heavy atom. The van der Waals surface area contributed by atoms with Crippen LogP contribution in [0.2, 0.25) is 0 Å². The van der Waals surface area contributed by atoms with E-state index in [1.807, 2.05) is 72.9 Å². The van der Waals surface area contributed by atoms with Gasteiger partial charge in [-0.25, -0.2) is 9.98 Å². The SMILES string of the molecule is C(=NNC(=Nc1ccccc1)c1cccc[nH+]1)c1ccc2c(c1)OCO2. The van der Waals surface area contributed by atoms with Gasteiger partial charge >= 0.3 is 0 Å². The Morgan fingerprint density at radius 3 is 2.65 bits per heavy atom. The Hall–Kier alpha value is -3.67. The molecule has 0 radical (unpaired) electrons. The summed E-state index contributed by atoms with van der Waals surface area (Å²) in [7, 11) is 0. The van der Waals surface area contributed by atoms with E-state index < -0.39 is 0 Å².